The molecule has 0 spiro atoms. The van der Waals surface area contributed by atoms with Crippen LogP contribution in [0, 0.1) is 6.92 Å². The van der Waals surface area contributed by atoms with E-state index in [1.54, 1.807) is 25.3 Å². The molecule has 0 aliphatic rings. The average Bonchev–Trinajstić information content (AvgIpc) is 2.58. The van der Waals surface area contributed by atoms with Crippen molar-refractivity contribution in [1.82, 2.24) is 5.32 Å². The van der Waals surface area contributed by atoms with Crippen molar-refractivity contribution in [3.63, 3.8) is 0 Å². The van der Waals surface area contributed by atoms with Gasteiger partial charge in [-0.3, -0.25) is 9.59 Å². The van der Waals surface area contributed by atoms with Crippen LogP contribution in [0.3, 0.4) is 0 Å². The number of aryl methyl sites for hydroxylation is 2. The molecule has 0 aliphatic heterocycles. The van der Waals surface area contributed by atoms with E-state index in [9.17, 15) is 9.59 Å². The van der Waals surface area contributed by atoms with Crippen LogP contribution < -0.4 is 15.4 Å². The van der Waals surface area contributed by atoms with Gasteiger partial charge in [0, 0.05) is 31.1 Å². The molecule has 2 N–H and O–H groups in total. The molecule has 2 amide bonds. The fraction of sp³-hybridized carbons (Fsp3) is 0.300. The van der Waals surface area contributed by atoms with Crippen LogP contribution in [0.5, 0.6) is 5.75 Å². The van der Waals surface area contributed by atoms with Gasteiger partial charge in [0.2, 0.25) is 11.8 Å². The molecule has 0 fully saturated rings. The molecule has 0 atom stereocenters. The van der Waals surface area contributed by atoms with Crippen molar-refractivity contribution in [1.29, 1.82) is 0 Å². The van der Waals surface area contributed by atoms with Crippen LogP contribution in [0.4, 0.5) is 5.69 Å². The third kappa shape index (κ3) is 5.95. The maximum absolute atomic E-state index is 12.1. The van der Waals surface area contributed by atoms with Crippen molar-refractivity contribution in [3.8, 4) is 5.75 Å². The fourth-order valence-corrected chi connectivity index (χ4v) is 2.61. The molecule has 0 aliphatic carbocycles. The van der Waals surface area contributed by atoms with E-state index < -0.39 is 0 Å². The second kappa shape index (κ2) is 8.87. The molecule has 0 saturated heterocycles. The Bertz CT molecular complexity index is 756. The summed E-state index contributed by atoms with van der Waals surface area (Å²) in [6, 6.07) is 13.5. The van der Waals surface area contributed by atoms with Crippen molar-refractivity contribution < 1.29 is 14.3 Å². The summed E-state index contributed by atoms with van der Waals surface area (Å²) in [7, 11) is 1.58. The smallest absolute Gasteiger partial charge is 0.221 e. The second-order valence-corrected chi connectivity index (χ2v) is 5.97. The first-order valence-corrected chi connectivity index (χ1v) is 8.24. The molecule has 2 rings (SSSR count). The third-order valence-electron chi connectivity index (χ3n) is 3.80. The topological polar surface area (TPSA) is 67.4 Å². The van der Waals surface area contributed by atoms with Crippen molar-refractivity contribution in [2.45, 2.75) is 33.2 Å². The number of amides is 2. The van der Waals surface area contributed by atoms with Crippen molar-refractivity contribution in [2.24, 2.45) is 0 Å². The number of hydrogen-bond donors (Lipinski definition) is 2. The van der Waals surface area contributed by atoms with Crippen LogP contribution >= 0.6 is 0 Å². The Balaban J connectivity index is 1.92. The standard InChI is InChI=1S/C20H24N2O3/c1-14-5-4-6-16(11-14)7-10-20(24)21-13-17-12-18(22-15(2)23)8-9-19(17)25-3/h4-6,8-9,11-12H,7,10,13H2,1-3H3,(H,21,24)(H,22,23). The van der Waals surface area contributed by atoms with Crippen LogP contribution in [-0.2, 0) is 22.6 Å². The summed E-state index contributed by atoms with van der Waals surface area (Å²) in [5.41, 5.74) is 3.84. The Morgan fingerprint density at radius 1 is 1.12 bits per heavy atom. The summed E-state index contributed by atoms with van der Waals surface area (Å²) in [5, 5.41) is 5.64. The molecule has 25 heavy (non-hydrogen) atoms. The van der Waals surface area contributed by atoms with E-state index >= 15 is 0 Å². The number of carbonyl (C=O) groups excluding carboxylic acids is 2. The summed E-state index contributed by atoms with van der Waals surface area (Å²) in [5.74, 6) is 0.514. The van der Waals surface area contributed by atoms with E-state index in [1.807, 2.05) is 25.1 Å². The predicted molar refractivity (Wildman–Crippen MR) is 98.6 cm³/mol. The molecule has 2 aromatic carbocycles. The van der Waals surface area contributed by atoms with Gasteiger partial charge < -0.3 is 15.4 Å². The lowest BCUT2D eigenvalue weighted by Crippen LogP contribution is -2.23. The van der Waals surface area contributed by atoms with Gasteiger partial charge in [-0.1, -0.05) is 29.8 Å². The minimum Gasteiger partial charge on any atom is -0.496 e. The number of anilines is 1. The molecule has 0 unspecified atom stereocenters. The lowest BCUT2D eigenvalue weighted by Gasteiger charge is -2.12. The van der Waals surface area contributed by atoms with E-state index in [2.05, 4.69) is 16.7 Å². The maximum atomic E-state index is 12.1. The molecule has 132 valence electrons. The van der Waals surface area contributed by atoms with Gasteiger partial charge in [0.1, 0.15) is 5.75 Å². The second-order valence-electron chi connectivity index (χ2n) is 5.97. The van der Waals surface area contributed by atoms with E-state index in [1.165, 1.54) is 12.5 Å². The zero-order valence-electron chi connectivity index (χ0n) is 14.9. The van der Waals surface area contributed by atoms with Gasteiger partial charge in [0.25, 0.3) is 0 Å². The lowest BCUT2D eigenvalue weighted by atomic mass is 10.1. The Labute approximate surface area is 148 Å². The number of carbonyl (C=O) groups is 2. The summed E-state index contributed by atoms with van der Waals surface area (Å²) in [4.78, 5) is 23.3. The predicted octanol–water partition coefficient (Wildman–Crippen LogP) is 3.21. The van der Waals surface area contributed by atoms with Gasteiger partial charge in [0.05, 0.1) is 7.11 Å². The number of ether oxygens (including phenoxy) is 1. The number of benzene rings is 2. The Hall–Kier alpha value is -2.82. The molecule has 0 bridgehead atoms. The molecule has 5 nitrogen and oxygen atoms in total. The van der Waals surface area contributed by atoms with Gasteiger partial charge in [-0.2, -0.15) is 0 Å². The van der Waals surface area contributed by atoms with Gasteiger partial charge in [-0.15, -0.1) is 0 Å². The van der Waals surface area contributed by atoms with Gasteiger partial charge in [-0.25, -0.2) is 0 Å². The molecular weight excluding hydrogens is 316 g/mol. The van der Waals surface area contributed by atoms with Gasteiger partial charge >= 0.3 is 0 Å². The highest BCUT2D eigenvalue weighted by Crippen LogP contribution is 2.22. The molecule has 0 radical (unpaired) electrons. The Morgan fingerprint density at radius 2 is 1.92 bits per heavy atom. The number of methoxy groups -OCH3 is 1. The average molecular weight is 340 g/mol. The number of hydrogen-bond acceptors (Lipinski definition) is 3. The number of rotatable bonds is 7. The highest BCUT2D eigenvalue weighted by atomic mass is 16.5. The first-order valence-electron chi connectivity index (χ1n) is 8.24. The van der Waals surface area contributed by atoms with E-state index in [-0.39, 0.29) is 11.8 Å². The Kier molecular flexibility index (Phi) is 6.57. The first kappa shape index (κ1) is 18.5. The minimum atomic E-state index is -0.140. The van der Waals surface area contributed by atoms with E-state index in [0.29, 0.717) is 30.8 Å². The van der Waals surface area contributed by atoms with Crippen molar-refractivity contribution >= 4 is 17.5 Å². The summed E-state index contributed by atoms with van der Waals surface area (Å²) >= 11 is 0. The van der Waals surface area contributed by atoms with Crippen molar-refractivity contribution in [3.05, 3.63) is 59.2 Å². The number of nitrogens with one attached hydrogen (secondary N) is 2. The molecule has 0 aromatic heterocycles. The van der Waals surface area contributed by atoms with Crippen molar-refractivity contribution in [2.75, 3.05) is 12.4 Å². The van der Waals surface area contributed by atoms with Gasteiger partial charge in [0.15, 0.2) is 0 Å². The normalized spacial score (nSPS) is 10.2. The summed E-state index contributed by atoms with van der Waals surface area (Å²) in [6.45, 7) is 3.85. The van der Waals surface area contributed by atoms with Crippen LogP contribution in [0.1, 0.15) is 30.0 Å². The monoisotopic (exact) mass is 340 g/mol. The zero-order valence-corrected chi connectivity index (χ0v) is 14.9. The molecule has 5 heteroatoms. The molecule has 2 aromatic rings. The molecule has 0 saturated carbocycles. The highest BCUT2D eigenvalue weighted by molar-refractivity contribution is 5.88. The van der Waals surface area contributed by atoms with Crippen LogP contribution in [0.25, 0.3) is 0 Å². The third-order valence-corrected chi connectivity index (χ3v) is 3.80. The minimum absolute atomic E-state index is 0.0199. The van der Waals surface area contributed by atoms with Crippen LogP contribution in [0.2, 0.25) is 0 Å². The van der Waals surface area contributed by atoms with Crippen LogP contribution in [0.15, 0.2) is 42.5 Å². The SMILES string of the molecule is COc1ccc(NC(C)=O)cc1CNC(=O)CCc1cccc(C)c1. The largest absolute Gasteiger partial charge is 0.496 e. The zero-order chi connectivity index (χ0) is 18.2. The Morgan fingerprint density at radius 3 is 2.60 bits per heavy atom. The molecular formula is C20H24N2O3. The van der Waals surface area contributed by atoms with Crippen LogP contribution in [-0.4, -0.2) is 18.9 Å². The fourth-order valence-electron chi connectivity index (χ4n) is 2.61. The lowest BCUT2D eigenvalue weighted by molar-refractivity contribution is -0.121. The molecule has 0 heterocycles. The summed E-state index contributed by atoms with van der Waals surface area (Å²) < 4.78 is 5.32. The summed E-state index contributed by atoms with van der Waals surface area (Å²) in [6.07, 6.45) is 1.13. The first-order chi connectivity index (χ1) is 12.0. The quantitative estimate of drug-likeness (QED) is 0.813. The highest BCUT2D eigenvalue weighted by Gasteiger charge is 2.08. The van der Waals surface area contributed by atoms with E-state index in [0.717, 1.165) is 11.1 Å². The maximum Gasteiger partial charge on any atom is 0.221 e. The van der Waals surface area contributed by atoms with Gasteiger partial charge in [-0.05, 0) is 37.1 Å². The van der Waals surface area contributed by atoms with E-state index in [4.69, 9.17) is 4.74 Å².